The van der Waals surface area contributed by atoms with Crippen LogP contribution in [0.5, 0.6) is 0 Å². The topological polar surface area (TPSA) is 78.9 Å². The summed E-state index contributed by atoms with van der Waals surface area (Å²) >= 11 is 0. The Hall–Kier alpha value is -4.45. The second kappa shape index (κ2) is 69.0. The van der Waals surface area contributed by atoms with Gasteiger partial charge in [-0.3, -0.25) is 14.4 Å². The summed E-state index contributed by atoms with van der Waals surface area (Å²) in [5.41, 5.74) is 0. The van der Waals surface area contributed by atoms with Gasteiger partial charge in [0, 0.05) is 19.3 Å². The van der Waals surface area contributed by atoms with Crippen molar-refractivity contribution in [2.75, 3.05) is 13.2 Å². The number of esters is 3. The molecule has 0 aromatic rings. The van der Waals surface area contributed by atoms with E-state index in [1.165, 1.54) is 141 Å². The van der Waals surface area contributed by atoms with E-state index in [4.69, 9.17) is 14.2 Å². The summed E-state index contributed by atoms with van der Waals surface area (Å²) in [4.78, 5) is 38.3. The number of carbonyl (C=O) groups excluding carboxylic acids is 3. The van der Waals surface area contributed by atoms with Crippen LogP contribution < -0.4 is 0 Å². The Balaban J connectivity index is 4.27. The average Bonchev–Trinajstić information content (AvgIpc) is 3.47. The van der Waals surface area contributed by atoms with Gasteiger partial charge in [-0.2, -0.15) is 0 Å². The average molecular weight is 1140 g/mol. The van der Waals surface area contributed by atoms with Crippen molar-refractivity contribution in [2.45, 2.75) is 316 Å². The molecule has 6 nitrogen and oxygen atoms in total. The van der Waals surface area contributed by atoms with E-state index in [1.807, 2.05) is 0 Å². The molecule has 0 aromatic heterocycles. The third-order valence-electron chi connectivity index (χ3n) is 14.4. The van der Waals surface area contributed by atoms with Crippen LogP contribution in [0.4, 0.5) is 0 Å². The molecular weight excluding hydrogens is 1010 g/mol. The fraction of sp³-hybridized carbons (Fsp3) is 0.671. The summed E-state index contributed by atoms with van der Waals surface area (Å²) < 4.78 is 16.9. The minimum atomic E-state index is -0.798. The maximum Gasteiger partial charge on any atom is 0.306 e. The SMILES string of the molecule is CC/C=C\C/C=C\C/C=C\C/C=C\C/C=C\C/C=C\C/C=C\CCCCCCCCCCCCCC(=O)OCC(COC(=O)CCCCC/C=C\C/C=C\C/C=C\CC)OC(=O)CCCCCCCCC/C=C\CCCCCCCCC. The highest BCUT2D eigenvalue weighted by molar-refractivity contribution is 5.71. The summed E-state index contributed by atoms with van der Waals surface area (Å²) in [6, 6.07) is 0. The summed E-state index contributed by atoms with van der Waals surface area (Å²) in [7, 11) is 0. The van der Waals surface area contributed by atoms with Gasteiger partial charge < -0.3 is 14.2 Å². The highest BCUT2D eigenvalue weighted by atomic mass is 16.6. The summed E-state index contributed by atoms with van der Waals surface area (Å²) in [5.74, 6) is -0.924. The van der Waals surface area contributed by atoms with Crippen LogP contribution in [-0.4, -0.2) is 37.2 Å². The van der Waals surface area contributed by atoms with Gasteiger partial charge in [0.15, 0.2) is 6.10 Å². The third-order valence-corrected chi connectivity index (χ3v) is 14.4. The number of allylic oxidation sites excluding steroid dienone is 22. The molecule has 0 spiro atoms. The van der Waals surface area contributed by atoms with E-state index >= 15 is 0 Å². The largest absolute Gasteiger partial charge is 0.462 e. The molecule has 1 atom stereocenters. The van der Waals surface area contributed by atoms with Crippen molar-refractivity contribution in [1.82, 2.24) is 0 Å². The molecule has 0 amide bonds. The molecule has 0 aliphatic heterocycles. The van der Waals surface area contributed by atoms with Gasteiger partial charge in [0.05, 0.1) is 0 Å². The number of ether oxygens (including phenoxy) is 3. The van der Waals surface area contributed by atoms with Gasteiger partial charge in [-0.05, 0) is 135 Å². The van der Waals surface area contributed by atoms with Crippen LogP contribution in [0.25, 0.3) is 0 Å². The van der Waals surface area contributed by atoms with Crippen molar-refractivity contribution in [2.24, 2.45) is 0 Å². The van der Waals surface area contributed by atoms with E-state index in [0.29, 0.717) is 19.3 Å². The lowest BCUT2D eigenvalue weighted by Gasteiger charge is -2.18. The lowest BCUT2D eigenvalue weighted by molar-refractivity contribution is -0.167. The molecule has 82 heavy (non-hydrogen) atoms. The molecule has 0 heterocycles. The smallest absolute Gasteiger partial charge is 0.306 e. The molecule has 0 radical (unpaired) electrons. The lowest BCUT2D eigenvalue weighted by atomic mass is 10.0. The quantitative estimate of drug-likeness (QED) is 0.0261. The molecule has 0 aromatic carbocycles. The van der Waals surface area contributed by atoms with Gasteiger partial charge in [0.25, 0.3) is 0 Å². The number of carbonyl (C=O) groups is 3. The van der Waals surface area contributed by atoms with Gasteiger partial charge >= 0.3 is 17.9 Å². The summed E-state index contributed by atoms with van der Waals surface area (Å²) in [6.07, 6.45) is 97.6. The molecule has 0 bridgehead atoms. The first-order valence-electron chi connectivity index (χ1n) is 34.2. The van der Waals surface area contributed by atoms with E-state index in [1.54, 1.807) is 0 Å². The van der Waals surface area contributed by atoms with Gasteiger partial charge in [0.1, 0.15) is 13.2 Å². The second-order valence-corrected chi connectivity index (χ2v) is 22.3. The van der Waals surface area contributed by atoms with E-state index in [2.05, 4.69) is 154 Å². The minimum Gasteiger partial charge on any atom is -0.462 e. The van der Waals surface area contributed by atoms with Crippen LogP contribution in [0.3, 0.4) is 0 Å². The van der Waals surface area contributed by atoms with Crippen molar-refractivity contribution in [3.8, 4) is 0 Å². The Morgan fingerprint density at radius 3 is 0.768 bits per heavy atom. The van der Waals surface area contributed by atoms with Crippen molar-refractivity contribution in [3.05, 3.63) is 134 Å². The van der Waals surface area contributed by atoms with E-state index in [0.717, 1.165) is 128 Å². The minimum absolute atomic E-state index is 0.0924. The number of rotatable bonds is 61. The first kappa shape index (κ1) is 77.5. The van der Waals surface area contributed by atoms with Crippen LogP contribution in [0.15, 0.2) is 134 Å². The van der Waals surface area contributed by atoms with Gasteiger partial charge in [0.2, 0.25) is 0 Å². The fourth-order valence-electron chi connectivity index (χ4n) is 9.32. The predicted octanol–water partition coefficient (Wildman–Crippen LogP) is 23.7. The van der Waals surface area contributed by atoms with Crippen LogP contribution in [0.2, 0.25) is 0 Å². The van der Waals surface area contributed by atoms with Gasteiger partial charge in [-0.25, -0.2) is 0 Å². The number of unbranched alkanes of at least 4 members (excludes halogenated alkanes) is 28. The molecule has 0 aliphatic rings. The Bertz CT molecular complexity index is 1730. The first-order chi connectivity index (χ1) is 40.5. The Labute approximate surface area is 506 Å². The van der Waals surface area contributed by atoms with Crippen molar-refractivity contribution in [1.29, 1.82) is 0 Å². The fourth-order valence-corrected chi connectivity index (χ4v) is 9.32. The Kier molecular flexibility index (Phi) is 65.3. The second-order valence-electron chi connectivity index (χ2n) is 22.3. The summed E-state index contributed by atoms with van der Waals surface area (Å²) in [5, 5.41) is 0. The van der Waals surface area contributed by atoms with Gasteiger partial charge in [-0.1, -0.05) is 289 Å². The Morgan fingerprint density at radius 1 is 0.256 bits per heavy atom. The summed E-state index contributed by atoms with van der Waals surface area (Å²) in [6.45, 7) is 6.40. The molecule has 0 fully saturated rings. The highest BCUT2D eigenvalue weighted by Crippen LogP contribution is 2.16. The predicted molar refractivity (Wildman–Crippen MR) is 357 cm³/mol. The maximum absolute atomic E-state index is 12.9. The maximum atomic E-state index is 12.9. The normalized spacial score (nSPS) is 13.0. The van der Waals surface area contributed by atoms with Crippen molar-refractivity contribution >= 4 is 17.9 Å². The molecule has 6 heteroatoms. The molecule has 0 rings (SSSR count). The molecule has 0 N–H and O–H groups in total. The Morgan fingerprint density at radius 2 is 0.476 bits per heavy atom. The van der Waals surface area contributed by atoms with E-state index in [-0.39, 0.29) is 31.1 Å². The molecular formula is C76H126O6. The molecule has 0 saturated carbocycles. The molecule has 466 valence electrons. The standard InChI is InChI=1S/C76H126O6/c1-4-7-10-13-16-19-22-25-27-29-31-32-33-34-35-36-37-38-39-40-41-42-43-44-45-47-48-51-54-57-60-63-66-69-75(78)81-72-73(71-80-74(77)68-65-62-59-56-53-50-24-21-18-15-12-9-6-3)82-76(79)70-67-64-61-58-55-52-49-46-30-28-26-23-20-17-14-11-8-5-2/h7,9-10,12,16,18-19,21,25,27-28,30-32,34-35,37-38,40-41,50,53,73H,4-6,8,11,13-15,17,20,22-24,26,29,33,36,39,42-49,51-52,54-72H2,1-3H3/b10-7-,12-9-,19-16-,21-18-,27-25-,30-28-,32-31-,35-34-,38-37-,41-40-,53-50-. The zero-order chi connectivity index (χ0) is 59.2. The van der Waals surface area contributed by atoms with Crippen LogP contribution in [0.1, 0.15) is 310 Å². The van der Waals surface area contributed by atoms with Crippen molar-refractivity contribution < 1.29 is 28.6 Å². The third kappa shape index (κ3) is 66.4. The van der Waals surface area contributed by atoms with Crippen LogP contribution in [-0.2, 0) is 28.6 Å². The molecule has 0 saturated heterocycles. The van der Waals surface area contributed by atoms with Crippen LogP contribution in [0, 0.1) is 0 Å². The van der Waals surface area contributed by atoms with E-state index < -0.39 is 6.10 Å². The van der Waals surface area contributed by atoms with Crippen molar-refractivity contribution in [3.63, 3.8) is 0 Å². The zero-order valence-corrected chi connectivity index (χ0v) is 53.5. The zero-order valence-electron chi connectivity index (χ0n) is 53.5. The molecule has 1 unspecified atom stereocenters. The lowest BCUT2D eigenvalue weighted by Crippen LogP contribution is -2.30. The molecule has 0 aliphatic carbocycles. The van der Waals surface area contributed by atoms with Gasteiger partial charge in [-0.15, -0.1) is 0 Å². The first-order valence-corrected chi connectivity index (χ1v) is 34.2. The van der Waals surface area contributed by atoms with Crippen LogP contribution >= 0.6 is 0 Å². The number of hydrogen-bond donors (Lipinski definition) is 0. The highest BCUT2D eigenvalue weighted by Gasteiger charge is 2.19. The number of hydrogen-bond acceptors (Lipinski definition) is 6. The van der Waals surface area contributed by atoms with E-state index in [9.17, 15) is 14.4 Å². The monoisotopic (exact) mass is 1130 g/mol.